The summed E-state index contributed by atoms with van der Waals surface area (Å²) in [6.45, 7) is 1.75. The molecule has 3 rings (SSSR count). The number of nitrogens with zero attached hydrogens (tertiary/aromatic N) is 1. The van der Waals surface area contributed by atoms with Gasteiger partial charge in [-0.1, -0.05) is 18.2 Å². The van der Waals surface area contributed by atoms with E-state index in [0.29, 0.717) is 11.3 Å². The molecule has 1 fully saturated rings. The Balaban J connectivity index is 0.000000187. The van der Waals surface area contributed by atoms with E-state index in [1.807, 2.05) is 4.90 Å². The minimum atomic E-state index is -0.636. The number of para-hydroxylation sites is 1. The maximum atomic E-state index is 11.7. The lowest BCUT2D eigenvalue weighted by molar-refractivity contribution is -0.124. The molecule has 1 aliphatic heterocycles. The number of phenolic OH excluding ortho intramolecular Hbond substituents is 1. The number of phenols is 1. The molecule has 2 aromatic rings. The van der Waals surface area contributed by atoms with Crippen molar-refractivity contribution in [3.05, 3.63) is 60.1 Å². The Bertz CT molecular complexity index is 734. The average molecular weight is 358 g/mol. The smallest absolute Gasteiger partial charge is 0.289 e. The van der Waals surface area contributed by atoms with E-state index >= 15 is 0 Å². The number of hydrogen-bond donors (Lipinski definition) is 3. The number of piperidine rings is 1. The van der Waals surface area contributed by atoms with E-state index in [9.17, 15) is 14.7 Å². The monoisotopic (exact) mass is 358 g/mol. The molecule has 0 aliphatic carbocycles. The summed E-state index contributed by atoms with van der Waals surface area (Å²) in [5, 5.41) is 17.4. The average Bonchev–Trinajstić information content (AvgIpc) is 3.22. The molecule has 0 unspecified atom stereocenters. The second kappa shape index (κ2) is 10.0. The quantitative estimate of drug-likeness (QED) is 0.445. The van der Waals surface area contributed by atoms with Crippen LogP contribution in [0.5, 0.6) is 5.75 Å². The van der Waals surface area contributed by atoms with E-state index in [1.54, 1.807) is 30.3 Å². The molecule has 2 heterocycles. The lowest BCUT2D eigenvalue weighted by atomic mass is 10.1. The van der Waals surface area contributed by atoms with Crippen molar-refractivity contribution in [2.45, 2.75) is 19.3 Å². The molecule has 2 amide bonds. The van der Waals surface area contributed by atoms with Gasteiger partial charge >= 0.3 is 0 Å². The summed E-state index contributed by atoms with van der Waals surface area (Å²) >= 11 is 0. The van der Waals surface area contributed by atoms with Gasteiger partial charge in [-0.15, -0.1) is 0 Å². The number of amides is 2. The molecule has 0 bridgehead atoms. The van der Waals surface area contributed by atoms with Crippen LogP contribution < -0.4 is 5.48 Å². The van der Waals surface area contributed by atoms with Crippen LogP contribution in [0.25, 0.3) is 6.08 Å². The minimum Gasteiger partial charge on any atom is -0.507 e. The number of rotatable bonds is 3. The predicted molar refractivity (Wildman–Crippen MR) is 95.5 cm³/mol. The minimum absolute atomic E-state index is 0.0321. The van der Waals surface area contributed by atoms with Crippen LogP contribution in [0.4, 0.5) is 0 Å². The molecule has 1 aliphatic rings. The van der Waals surface area contributed by atoms with E-state index in [2.05, 4.69) is 0 Å². The molecule has 7 heteroatoms. The predicted octanol–water partition coefficient (Wildman–Crippen LogP) is 2.82. The zero-order chi connectivity index (χ0) is 18.8. The van der Waals surface area contributed by atoms with Gasteiger partial charge < -0.3 is 14.4 Å². The fourth-order valence-electron chi connectivity index (χ4n) is 2.48. The van der Waals surface area contributed by atoms with Gasteiger partial charge in [0.1, 0.15) is 5.75 Å². The van der Waals surface area contributed by atoms with Crippen LogP contribution in [0, 0.1) is 0 Å². The van der Waals surface area contributed by atoms with Gasteiger partial charge in [-0.05, 0) is 43.5 Å². The number of carbonyl (C=O) groups is 2. The van der Waals surface area contributed by atoms with Crippen molar-refractivity contribution in [3.63, 3.8) is 0 Å². The third kappa shape index (κ3) is 5.78. The van der Waals surface area contributed by atoms with Gasteiger partial charge in [-0.25, -0.2) is 5.48 Å². The lowest BCUT2D eigenvalue weighted by Crippen LogP contribution is -2.35. The van der Waals surface area contributed by atoms with Crippen molar-refractivity contribution < 1.29 is 24.3 Å². The molecule has 0 saturated carbocycles. The van der Waals surface area contributed by atoms with E-state index < -0.39 is 5.91 Å². The molecule has 0 spiro atoms. The number of nitrogens with one attached hydrogen (secondary N) is 1. The molecular formula is C19H22N2O5. The summed E-state index contributed by atoms with van der Waals surface area (Å²) in [5.41, 5.74) is 1.97. The van der Waals surface area contributed by atoms with Crippen molar-refractivity contribution in [3.8, 4) is 5.75 Å². The second-order valence-electron chi connectivity index (χ2n) is 5.70. The molecule has 1 aromatic carbocycles. The largest absolute Gasteiger partial charge is 0.507 e. The van der Waals surface area contributed by atoms with Crippen LogP contribution in [-0.2, 0) is 4.79 Å². The number of furan rings is 1. The van der Waals surface area contributed by atoms with Crippen molar-refractivity contribution in [1.29, 1.82) is 0 Å². The van der Waals surface area contributed by atoms with Crippen LogP contribution in [0.3, 0.4) is 0 Å². The first-order valence-electron chi connectivity index (χ1n) is 8.34. The molecule has 1 saturated heterocycles. The van der Waals surface area contributed by atoms with Crippen molar-refractivity contribution in [2.75, 3.05) is 13.1 Å². The van der Waals surface area contributed by atoms with Crippen molar-refractivity contribution in [2.24, 2.45) is 0 Å². The summed E-state index contributed by atoms with van der Waals surface area (Å²) in [4.78, 5) is 24.1. The SMILES string of the molecule is O=C(/C=C/c1ccccc1O)NO.O=C(c1ccco1)N1CCCCC1. The first kappa shape index (κ1) is 19.3. The van der Waals surface area contributed by atoms with E-state index in [0.717, 1.165) is 32.0 Å². The van der Waals surface area contributed by atoms with E-state index in [1.165, 1.54) is 30.3 Å². The topological polar surface area (TPSA) is 103 Å². The molecule has 7 nitrogen and oxygen atoms in total. The summed E-state index contributed by atoms with van der Waals surface area (Å²) < 4.78 is 5.06. The van der Waals surface area contributed by atoms with Gasteiger partial charge in [0, 0.05) is 24.7 Å². The number of hydroxylamine groups is 1. The number of hydrogen-bond acceptors (Lipinski definition) is 5. The number of aromatic hydroxyl groups is 1. The Morgan fingerprint density at radius 2 is 1.81 bits per heavy atom. The van der Waals surface area contributed by atoms with Crippen LogP contribution in [0.15, 0.2) is 53.2 Å². The Hall–Kier alpha value is -3.06. The standard InChI is InChI=1S/C10H13NO2.C9H9NO3/c12-10(9-5-4-8-13-9)11-6-2-1-3-7-11;11-8-4-2-1-3-7(8)5-6-9(12)10-13/h4-5,8H,1-3,6-7H2;1-6,11,13H,(H,10,12)/b;6-5+. The van der Waals surface area contributed by atoms with Gasteiger partial charge in [0.15, 0.2) is 5.76 Å². The maximum absolute atomic E-state index is 11.7. The van der Waals surface area contributed by atoms with Crippen LogP contribution in [0.2, 0.25) is 0 Å². The first-order valence-corrected chi connectivity index (χ1v) is 8.34. The molecule has 138 valence electrons. The van der Waals surface area contributed by atoms with Crippen LogP contribution in [0.1, 0.15) is 35.4 Å². The summed E-state index contributed by atoms with van der Waals surface area (Å²) in [5.74, 6) is -0.0562. The molecule has 0 radical (unpaired) electrons. The second-order valence-corrected chi connectivity index (χ2v) is 5.70. The van der Waals surface area contributed by atoms with E-state index in [-0.39, 0.29) is 11.7 Å². The van der Waals surface area contributed by atoms with Gasteiger partial charge in [0.05, 0.1) is 6.26 Å². The highest BCUT2D eigenvalue weighted by Gasteiger charge is 2.19. The highest BCUT2D eigenvalue weighted by molar-refractivity contribution is 5.91. The number of benzene rings is 1. The summed E-state index contributed by atoms with van der Waals surface area (Å²) in [6, 6.07) is 10.0. The Morgan fingerprint density at radius 1 is 1.08 bits per heavy atom. The molecule has 3 N–H and O–H groups in total. The van der Waals surface area contributed by atoms with E-state index in [4.69, 9.17) is 9.62 Å². The zero-order valence-electron chi connectivity index (χ0n) is 14.3. The first-order chi connectivity index (χ1) is 12.6. The van der Waals surface area contributed by atoms with Gasteiger partial charge in [-0.3, -0.25) is 14.8 Å². The fourth-order valence-corrected chi connectivity index (χ4v) is 2.48. The highest BCUT2D eigenvalue weighted by Crippen LogP contribution is 2.16. The summed E-state index contributed by atoms with van der Waals surface area (Å²) in [7, 11) is 0. The zero-order valence-corrected chi connectivity index (χ0v) is 14.3. The third-order valence-electron chi connectivity index (χ3n) is 3.84. The lowest BCUT2D eigenvalue weighted by Gasteiger charge is -2.25. The number of likely N-dealkylation sites (tertiary alicyclic amines) is 1. The summed E-state index contributed by atoms with van der Waals surface area (Å²) in [6.07, 6.45) is 7.54. The fraction of sp³-hybridized carbons (Fsp3) is 0.263. The van der Waals surface area contributed by atoms with Crippen LogP contribution in [-0.4, -0.2) is 40.1 Å². The molecule has 0 atom stereocenters. The normalized spacial score (nSPS) is 13.8. The highest BCUT2D eigenvalue weighted by atomic mass is 16.5. The third-order valence-corrected chi connectivity index (χ3v) is 3.84. The van der Waals surface area contributed by atoms with Gasteiger partial charge in [0.2, 0.25) is 0 Å². The van der Waals surface area contributed by atoms with Gasteiger partial charge in [0.25, 0.3) is 11.8 Å². The maximum Gasteiger partial charge on any atom is 0.289 e. The number of carbonyl (C=O) groups excluding carboxylic acids is 2. The molecular weight excluding hydrogens is 336 g/mol. The van der Waals surface area contributed by atoms with Crippen LogP contribution >= 0.6 is 0 Å². The Kier molecular flexibility index (Phi) is 7.45. The Morgan fingerprint density at radius 3 is 2.42 bits per heavy atom. The van der Waals surface area contributed by atoms with Crippen molar-refractivity contribution >= 4 is 17.9 Å². The van der Waals surface area contributed by atoms with Crippen molar-refractivity contribution in [1.82, 2.24) is 10.4 Å². The van der Waals surface area contributed by atoms with Gasteiger partial charge in [-0.2, -0.15) is 0 Å². The Labute approximate surface area is 151 Å². The molecule has 26 heavy (non-hydrogen) atoms. The molecule has 1 aromatic heterocycles.